The molecule has 0 aromatic heterocycles. The number of ether oxygens (including phenoxy) is 3. The van der Waals surface area contributed by atoms with Gasteiger partial charge in [0.2, 0.25) is 0 Å². The molecule has 1 spiro atoms. The summed E-state index contributed by atoms with van der Waals surface area (Å²) in [4.78, 5) is 25.6. The molecule has 1 aliphatic heterocycles. The normalized spacial score (nSPS) is 24.6. The van der Waals surface area contributed by atoms with E-state index in [2.05, 4.69) is 0 Å². The predicted molar refractivity (Wildman–Crippen MR) is 275 cm³/mol. The van der Waals surface area contributed by atoms with Crippen LogP contribution in [0.3, 0.4) is 0 Å². The molecule has 2 rings (SSSR count). The number of hydrogen-bond acceptors (Lipinski definition) is 5. The van der Waals surface area contributed by atoms with Gasteiger partial charge in [0.05, 0.1) is 19.8 Å². The van der Waals surface area contributed by atoms with Crippen LogP contribution in [0, 0.1) is 5.92 Å². The molecular formula is C59H112O5. The van der Waals surface area contributed by atoms with Crippen LogP contribution in [0.5, 0.6) is 0 Å². The average molecular weight is 902 g/mol. The first-order valence-corrected chi connectivity index (χ1v) is 29.6. The van der Waals surface area contributed by atoms with Crippen molar-refractivity contribution in [2.75, 3.05) is 19.8 Å². The molecular weight excluding hydrogens is 789 g/mol. The first-order chi connectivity index (χ1) is 31.7. The van der Waals surface area contributed by atoms with Crippen molar-refractivity contribution in [3.63, 3.8) is 0 Å². The maximum Gasteiger partial charge on any atom is 0.313 e. The number of carbonyl (C=O) groups excluding carboxylic acids is 2. The minimum atomic E-state index is -0.552. The fourth-order valence-electron chi connectivity index (χ4n) is 10.8. The number of carbonyl (C=O) groups is 2. The number of ketones is 1. The Balaban J connectivity index is 1.66. The number of hydrogen-bond donors (Lipinski definition) is 0. The molecule has 1 unspecified atom stereocenters. The minimum absolute atomic E-state index is 0.0425. The van der Waals surface area contributed by atoms with Gasteiger partial charge in [-0.3, -0.25) is 9.59 Å². The van der Waals surface area contributed by atoms with Gasteiger partial charge in [-0.05, 0) is 26.2 Å². The molecule has 1 heterocycles. The number of rotatable bonds is 4. The van der Waals surface area contributed by atoms with E-state index in [1.165, 1.54) is 283 Å². The third-order valence-electron chi connectivity index (χ3n) is 15.1. The van der Waals surface area contributed by atoms with Gasteiger partial charge >= 0.3 is 5.97 Å². The van der Waals surface area contributed by atoms with Gasteiger partial charge in [0.15, 0.2) is 5.79 Å². The molecule has 0 N–H and O–H groups in total. The summed E-state index contributed by atoms with van der Waals surface area (Å²) in [7, 11) is 0. The van der Waals surface area contributed by atoms with Crippen LogP contribution in [0.15, 0.2) is 0 Å². The van der Waals surface area contributed by atoms with E-state index < -0.39 is 5.79 Å². The largest absolute Gasteiger partial charge is 0.466 e. The summed E-state index contributed by atoms with van der Waals surface area (Å²) in [5.41, 5.74) is 0. The lowest BCUT2D eigenvalue weighted by Gasteiger charge is -2.29. The molecule has 0 aromatic carbocycles. The van der Waals surface area contributed by atoms with E-state index in [0.29, 0.717) is 19.8 Å². The van der Waals surface area contributed by atoms with Gasteiger partial charge in [-0.15, -0.1) is 0 Å². The van der Waals surface area contributed by atoms with Gasteiger partial charge in [-0.25, -0.2) is 0 Å². The number of Topliss-reactive ketones (excluding diaryl/α,β-unsaturated/α-hetero) is 1. The quantitative estimate of drug-likeness (QED) is 0.208. The Bertz CT molecular complexity index is 990. The highest BCUT2D eigenvalue weighted by molar-refractivity contribution is 5.96. The van der Waals surface area contributed by atoms with Crippen molar-refractivity contribution in [3.05, 3.63) is 0 Å². The summed E-state index contributed by atoms with van der Waals surface area (Å²) < 4.78 is 17.7. The van der Waals surface area contributed by atoms with E-state index >= 15 is 0 Å². The second-order valence-corrected chi connectivity index (χ2v) is 21.1. The molecule has 1 atom stereocenters. The fraction of sp³-hybridized carbons (Fsp3) is 0.966. The molecule has 5 heteroatoms. The van der Waals surface area contributed by atoms with Crippen LogP contribution in [0.25, 0.3) is 0 Å². The van der Waals surface area contributed by atoms with Gasteiger partial charge < -0.3 is 14.2 Å². The van der Waals surface area contributed by atoms with Gasteiger partial charge in [0, 0.05) is 18.8 Å². The predicted octanol–water partition coefficient (Wildman–Crippen LogP) is 19.4. The Kier molecular flexibility index (Phi) is 42.4. The Morgan fingerprint density at radius 3 is 0.875 bits per heavy atom. The van der Waals surface area contributed by atoms with Crippen LogP contribution in [-0.2, 0) is 23.8 Å². The zero-order chi connectivity index (χ0) is 45.5. The lowest BCUT2D eigenvalue weighted by atomic mass is 9.87. The lowest BCUT2D eigenvalue weighted by molar-refractivity contribution is -0.170. The Morgan fingerprint density at radius 2 is 0.609 bits per heavy atom. The Hall–Kier alpha value is -0.940. The molecule has 5 nitrogen and oxygen atoms in total. The molecule has 1 aliphatic carbocycles. The molecule has 64 heavy (non-hydrogen) atoms. The van der Waals surface area contributed by atoms with E-state index in [0.717, 1.165) is 38.5 Å². The molecule has 0 radical (unpaired) electrons. The first-order valence-electron chi connectivity index (χ1n) is 29.6. The van der Waals surface area contributed by atoms with E-state index in [4.69, 9.17) is 14.2 Å². The van der Waals surface area contributed by atoms with Crippen molar-refractivity contribution >= 4 is 11.8 Å². The van der Waals surface area contributed by atoms with Crippen molar-refractivity contribution in [1.82, 2.24) is 0 Å². The van der Waals surface area contributed by atoms with Gasteiger partial charge in [0.1, 0.15) is 12.2 Å². The highest BCUT2D eigenvalue weighted by atomic mass is 16.7. The SMILES string of the molecule is CCOC(=O)CC(=O)C1CCCCCCCCCCCCCCCCCCCCCCCCCCCCCCCCCCCCCCCCCCCCCCCCC2(CC1)OCCO2. The monoisotopic (exact) mass is 901 g/mol. The zero-order valence-electron chi connectivity index (χ0n) is 43.3. The van der Waals surface area contributed by atoms with Crippen molar-refractivity contribution < 1.29 is 23.8 Å². The minimum Gasteiger partial charge on any atom is -0.466 e. The third kappa shape index (κ3) is 37.1. The molecule has 1 saturated heterocycles. The van der Waals surface area contributed by atoms with E-state index in [1.807, 2.05) is 6.92 Å². The summed E-state index contributed by atoms with van der Waals surface area (Å²) >= 11 is 0. The molecule has 1 saturated carbocycles. The molecule has 0 aromatic rings. The van der Waals surface area contributed by atoms with Crippen LogP contribution in [0.4, 0.5) is 0 Å². The van der Waals surface area contributed by atoms with E-state index in [-0.39, 0.29) is 24.1 Å². The second kappa shape index (κ2) is 45.8. The van der Waals surface area contributed by atoms with Crippen LogP contribution < -0.4 is 0 Å². The van der Waals surface area contributed by atoms with Crippen LogP contribution in [0.2, 0.25) is 0 Å². The maximum atomic E-state index is 13.4. The van der Waals surface area contributed by atoms with Crippen molar-refractivity contribution in [2.45, 2.75) is 340 Å². The summed E-state index contributed by atoms with van der Waals surface area (Å²) in [5, 5.41) is 0. The van der Waals surface area contributed by atoms with Crippen molar-refractivity contribution in [2.24, 2.45) is 5.92 Å². The Labute approximate surface area is 400 Å². The molecule has 378 valence electrons. The first kappa shape index (κ1) is 59.2. The average Bonchev–Trinajstić information content (AvgIpc) is 3.76. The summed E-state index contributed by atoms with van der Waals surface area (Å²) in [6, 6.07) is 0. The van der Waals surface area contributed by atoms with E-state index in [9.17, 15) is 9.59 Å². The van der Waals surface area contributed by atoms with Crippen molar-refractivity contribution in [1.29, 1.82) is 0 Å². The maximum absolute atomic E-state index is 13.4. The fourth-order valence-corrected chi connectivity index (χ4v) is 10.8. The van der Waals surface area contributed by atoms with E-state index in [1.54, 1.807) is 0 Å². The highest BCUT2D eigenvalue weighted by Crippen LogP contribution is 2.34. The van der Waals surface area contributed by atoms with Crippen LogP contribution in [-0.4, -0.2) is 37.4 Å². The smallest absolute Gasteiger partial charge is 0.313 e. The van der Waals surface area contributed by atoms with Crippen LogP contribution >= 0.6 is 0 Å². The Morgan fingerprint density at radius 1 is 0.359 bits per heavy atom. The second-order valence-electron chi connectivity index (χ2n) is 21.1. The molecule has 0 bridgehead atoms. The van der Waals surface area contributed by atoms with Gasteiger partial charge in [-0.2, -0.15) is 0 Å². The number of esters is 1. The van der Waals surface area contributed by atoms with Crippen molar-refractivity contribution in [3.8, 4) is 0 Å². The summed E-state index contributed by atoms with van der Waals surface area (Å²) in [6.07, 6.45) is 67.7. The summed E-state index contributed by atoms with van der Waals surface area (Å²) in [5.74, 6) is -1.01. The highest BCUT2D eigenvalue weighted by Gasteiger charge is 2.37. The topological polar surface area (TPSA) is 61.8 Å². The molecule has 0 amide bonds. The van der Waals surface area contributed by atoms with Crippen LogP contribution in [0.1, 0.15) is 334 Å². The third-order valence-corrected chi connectivity index (χ3v) is 15.1. The van der Waals surface area contributed by atoms with Gasteiger partial charge in [0.25, 0.3) is 0 Å². The summed E-state index contributed by atoms with van der Waals surface area (Å²) in [6.45, 7) is 3.41. The zero-order valence-corrected chi connectivity index (χ0v) is 43.3. The standard InChI is InChI=1S/C59H112O5/c1-2-62-58(61)55-57(60)56-49-47-45-43-41-39-37-35-33-31-29-27-25-23-21-19-17-15-13-11-9-7-5-3-4-6-8-10-12-14-16-18-20-22-24-26-28-30-32-34-36-38-40-42-44-46-48-51-59(52-50-56)63-53-54-64-59/h56H,2-55H2,1H3. The molecule has 2 fully saturated rings. The van der Waals surface area contributed by atoms with Gasteiger partial charge in [-0.1, -0.05) is 289 Å². The molecule has 2 aliphatic rings. The lowest BCUT2D eigenvalue weighted by Crippen LogP contribution is -2.32.